The summed E-state index contributed by atoms with van der Waals surface area (Å²) in [6.45, 7) is 14.6. The molecule has 31 nitrogen and oxygen atoms in total. The van der Waals surface area contributed by atoms with Gasteiger partial charge in [-0.25, -0.2) is 0 Å². The van der Waals surface area contributed by atoms with Crippen molar-refractivity contribution in [3.63, 3.8) is 0 Å². The summed E-state index contributed by atoms with van der Waals surface area (Å²) in [5, 5.41) is 53.4. The van der Waals surface area contributed by atoms with Gasteiger partial charge in [0.15, 0.2) is 0 Å². The number of carbonyl (C=O) groups is 9. The van der Waals surface area contributed by atoms with Gasteiger partial charge in [0.1, 0.15) is 35.2 Å². The minimum absolute atomic E-state index is 0. The Bertz CT molecular complexity index is 2690. The van der Waals surface area contributed by atoms with Crippen LogP contribution in [0.2, 0.25) is 0 Å². The molecule has 9 amide bonds. The Morgan fingerprint density at radius 2 is 0.639 bits per heavy atom. The molecule has 3 aromatic heterocycles. The van der Waals surface area contributed by atoms with Crippen molar-refractivity contribution in [2.45, 2.75) is 138 Å². The van der Waals surface area contributed by atoms with Gasteiger partial charge in [0.05, 0.1) is 34.2 Å². The molecule has 3 radical (unpaired) electrons. The summed E-state index contributed by atoms with van der Waals surface area (Å²) >= 11 is 0. The van der Waals surface area contributed by atoms with Gasteiger partial charge < -0.3 is 63.5 Å². The first-order valence-electron chi connectivity index (χ1n) is 26.7. The Morgan fingerprint density at radius 3 is 0.880 bits per heavy atom. The number of carbonyl (C=O) groups excluding carboxylic acids is 9. The van der Waals surface area contributed by atoms with Crippen LogP contribution in [0.5, 0.6) is 0 Å². The van der Waals surface area contributed by atoms with Crippen LogP contribution in [-0.4, -0.2) is 200 Å². The molecule has 0 fully saturated rings. The van der Waals surface area contributed by atoms with Crippen LogP contribution in [0.1, 0.15) is 111 Å². The van der Waals surface area contributed by atoms with E-state index in [0.717, 1.165) is 0 Å². The first-order chi connectivity index (χ1) is 38.6. The van der Waals surface area contributed by atoms with Crippen LogP contribution in [0.25, 0.3) is 0 Å². The molecule has 0 aliphatic carbocycles. The van der Waals surface area contributed by atoms with E-state index in [4.69, 9.17) is 0 Å². The zero-order chi connectivity index (χ0) is 61.4. The number of aryl methyl sites for hydroxylation is 6. The Morgan fingerprint density at radius 1 is 0.398 bits per heavy atom. The van der Waals surface area contributed by atoms with Crippen molar-refractivity contribution >= 4 is 73.0 Å². The minimum atomic E-state index is -0.981. The third-order valence-electron chi connectivity index (χ3n) is 13.0. The Balaban J connectivity index is 0.0000235. The number of nitrogens with one attached hydrogen (secondary N) is 9. The Labute approximate surface area is 491 Å². The molecule has 0 saturated heterocycles. The van der Waals surface area contributed by atoms with E-state index in [1.54, 1.807) is 20.8 Å². The van der Waals surface area contributed by atoms with E-state index in [2.05, 4.69) is 62.8 Å². The van der Waals surface area contributed by atoms with Crippen LogP contribution in [0.4, 0.5) is 0 Å². The first-order valence-corrected chi connectivity index (χ1v) is 26.7. The van der Waals surface area contributed by atoms with Crippen molar-refractivity contribution < 1.29 is 58.8 Å². The maximum atomic E-state index is 12.8. The van der Waals surface area contributed by atoms with Crippen molar-refractivity contribution in [2.75, 3.05) is 58.9 Å². The van der Waals surface area contributed by atoms with Crippen LogP contribution in [0, 0.1) is 41.5 Å². The smallest absolute Gasteiger partial charge is 0.304 e. The zero-order valence-electron chi connectivity index (χ0n) is 48.4. The molecule has 3 atom stereocenters. The summed E-state index contributed by atoms with van der Waals surface area (Å²) in [7, 11) is 0. The molecule has 3 unspecified atom stereocenters. The minimum Gasteiger partial charge on any atom is -0.425 e. The average Bonchev–Trinajstić information content (AvgIpc) is 3.52. The number of hydrogen-bond donors (Lipinski definition) is 12. The molecular formula is C51H78GaN16O15. The second-order valence-corrected chi connectivity index (χ2v) is 19.4. The predicted octanol–water partition coefficient (Wildman–Crippen LogP) is -4.58. The van der Waals surface area contributed by atoms with E-state index in [1.807, 2.05) is 4.90 Å². The summed E-state index contributed by atoms with van der Waals surface area (Å²) in [5.74, 6) is -4.57. The van der Waals surface area contributed by atoms with Crippen LogP contribution in [0.15, 0.2) is 14.4 Å². The molecule has 32 heteroatoms. The van der Waals surface area contributed by atoms with Gasteiger partial charge in [-0.1, -0.05) is 0 Å². The summed E-state index contributed by atoms with van der Waals surface area (Å²) in [5.41, 5.74) is -0.222. The molecule has 455 valence electrons. The van der Waals surface area contributed by atoms with Gasteiger partial charge in [-0.05, 0) is 62.3 Å². The van der Waals surface area contributed by atoms with E-state index in [1.165, 1.54) is 41.5 Å². The van der Waals surface area contributed by atoms with Gasteiger partial charge in [0, 0.05) is 136 Å². The van der Waals surface area contributed by atoms with Crippen molar-refractivity contribution in [3.8, 4) is 0 Å². The molecule has 0 saturated carbocycles. The van der Waals surface area contributed by atoms with Crippen LogP contribution >= 0.6 is 0 Å². The number of aromatic nitrogens is 6. The van der Waals surface area contributed by atoms with E-state index >= 15 is 0 Å². The largest absolute Gasteiger partial charge is 0.425 e. The average molecular weight is 1230 g/mol. The van der Waals surface area contributed by atoms with E-state index in [9.17, 15) is 73.2 Å². The zero-order valence-corrected chi connectivity index (χ0v) is 50.8. The fraction of sp³-hybridized carbons (Fsp3) is 0.588. The standard InChI is InChI=1S/C51H78N16O15.Ga/c1-28-34(7)65(80)49(77)37(58-28)10-13-43(71)61-31(4)46(74)55-19-16-40(68)52-22-25-64(26-23-53-41(69)17-20-56-47(75)32(5)62-44(72)14-11-38-50(78)66(81)35(8)29(2)59-38)27-24-54-42(70)18-21-57-48(76)33(6)63-45(73)15-12-39-51(79)67(82)36(9)30(3)60-39;/h31-33,80-82H,10-27H2,1-9H3,(H,52,68)(H,53,69)(H,54,70)(H,55,74)(H,56,75)(H,57,76)(H,61,71)(H,62,72)(H,63,73);. The molecule has 3 aromatic rings. The van der Waals surface area contributed by atoms with E-state index in [-0.39, 0.29) is 171 Å². The normalized spacial score (nSPS) is 11.9. The Kier molecular flexibility index (Phi) is 29.9. The monoisotopic (exact) mass is 1220 g/mol. The first kappa shape index (κ1) is 71.0. The predicted molar refractivity (Wildman–Crippen MR) is 297 cm³/mol. The summed E-state index contributed by atoms with van der Waals surface area (Å²) in [6, 6.07) is -2.94. The second kappa shape index (κ2) is 35.0. The second-order valence-electron chi connectivity index (χ2n) is 19.4. The molecule has 0 aromatic carbocycles. The SMILES string of the molecule is Cc1nc(CCC(=O)NC(C)C(=O)NCCC(=O)NCCN(CCNC(=O)CCNC(=O)C(C)NC(=O)CCc2nc(C)c(C)n(O)c2=O)CCNC(=O)CCNC(=O)C(C)NC(=O)CCc2nc(C)c(C)n(O)c2=O)c(=O)n(O)c1C.[Ga]. The molecule has 0 aliphatic rings. The third-order valence-corrected chi connectivity index (χ3v) is 13.0. The van der Waals surface area contributed by atoms with Gasteiger partial charge in [0.2, 0.25) is 53.2 Å². The number of amides is 9. The number of nitrogens with zero attached hydrogens (tertiary/aromatic N) is 7. The summed E-state index contributed by atoms with van der Waals surface area (Å²) in [6.07, 6.45) is -1.12. The van der Waals surface area contributed by atoms with Crippen molar-refractivity contribution in [1.82, 2.24) is 81.9 Å². The fourth-order valence-electron chi connectivity index (χ4n) is 7.62. The fourth-order valence-corrected chi connectivity index (χ4v) is 7.62. The van der Waals surface area contributed by atoms with Crippen molar-refractivity contribution in [3.05, 3.63) is 82.3 Å². The number of hydrogen-bond acceptors (Lipinski definition) is 19. The molecular weight excluding hydrogens is 1150 g/mol. The van der Waals surface area contributed by atoms with Crippen LogP contribution < -0.4 is 64.5 Å². The van der Waals surface area contributed by atoms with E-state index in [0.29, 0.717) is 31.3 Å². The van der Waals surface area contributed by atoms with Crippen LogP contribution in [-0.2, 0) is 62.4 Å². The van der Waals surface area contributed by atoms with Gasteiger partial charge in [-0.2, -0.15) is 0 Å². The van der Waals surface area contributed by atoms with Gasteiger partial charge in [-0.3, -0.25) is 77.4 Å². The Hall–Kier alpha value is -8.13. The van der Waals surface area contributed by atoms with Gasteiger partial charge >= 0.3 is 16.7 Å². The molecule has 0 aliphatic heterocycles. The molecule has 3 rings (SSSR count). The summed E-state index contributed by atoms with van der Waals surface area (Å²) < 4.78 is 1.40. The van der Waals surface area contributed by atoms with Gasteiger partial charge in [-0.15, -0.1) is 14.2 Å². The van der Waals surface area contributed by atoms with Crippen LogP contribution in [0.3, 0.4) is 0 Å². The summed E-state index contributed by atoms with van der Waals surface area (Å²) in [4.78, 5) is 165. The maximum absolute atomic E-state index is 12.8. The molecule has 12 N–H and O–H groups in total. The molecule has 83 heavy (non-hydrogen) atoms. The van der Waals surface area contributed by atoms with Crippen molar-refractivity contribution in [1.29, 1.82) is 0 Å². The molecule has 0 spiro atoms. The topological polar surface area (TPSA) is 430 Å². The third kappa shape index (κ3) is 23.7. The quantitative estimate of drug-likeness (QED) is 0.0202. The number of rotatable bonds is 33. The van der Waals surface area contributed by atoms with E-state index < -0.39 is 88.0 Å². The van der Waals surface area contributed by atoms with Gasteiger partial charge in [0.25, 0.3) is 0 Å². The van der Waals surface area contributed by atoms with Crippen molar-refractivity contribution in [2.24, 2.45) is 0 Å². The molecule has 0 bridgehead atoms. The maximum Gasteiger partial charge on any atom is 0.304 e. The molecule has 3 heterocycles.